The number of hydrogen-bond donors (Lipinski definition) is 1. The van der Waals surface area contributed by atoms with Gasteiger partial charge in [-0.25, -0.2) is 9.97 Å². The van der Waals surface area contributed by atoms with Gasteiger partial charge in [0, 0.05) is 30.9 Å². The highest BCUT2D eigenvalue weighted by atomic mass is 19.4. The number of unbranched alkanes of at least 4 members (excludes halogenated alkanes) is 1. The van der Waals surface area contributed by atoms with Gasteiger partial charge in [0.15, 0.2) is 0 Å². The van der Waals surface area contributed by atoms with Gasteiger partial charge < -0.3 is 5.32 Å². The van der Waals surface area contributed by atoms with Crippen molar-refractivity contribution in [1.82, 2.24) is 15.3 Å². The third-order valence-corrected chi connectivity index (χ3v) is 2.01. The summed E-state index contributed by atoms with van der Waals surface area (Å²) in [4.78, 5) is 7.66. The van der Waals surface area contributed by atoms with Crippen LogP contribution in [-0.2, 0) is 6.54 Å². The fraction of sp³-hybridized carbons (Fsp3) is 0.600. The zero-order valence-electron chi connectivity index (χ0n) is 8.80. The van der Waals surface area contributed by atoms with Crippen molar-refractivity contribution in [3.05, 3.63) is 24.3 Å². The van der Waals surface area contributed by atoms with E-state index in [4.69, 9.17) is 0 Å². The molecule has 1 heterocycles. The molecule has 0 aliphatic heterocycles. The summed E-state index contributed by atoms with van der Waals surface area (Å²) < 4.78 is 35.4. The van der Waals surface area contributed by atoms with Crippen molar-refractivity contribution in [2.24, 2.45) is 0 Å². The molecule has 0 saturated heterocycles. The van der Waals surface area contributed by atoms with E-state index in [1.165, 1.54) is 6.33 Å². The number of alkyl halides is 3. The second-order valence-electron chi connectivity index (χ2n) is 3.50. The van der Waals surface area contributed by atoms with Crippen molar-refractivity contribution in [3.8, 4) is 0 Å². The second kappa shape index (κ2) is 6.42. The van der Waals surface area contributed by atoms with Crippen LogP contribution in [0.1, 0.15) is 24.8 Å². The van der Waals surface area contributed by atoms with E-state index in [2.05, 4.69) is 15.3 Å². The van der Waals surface area contributed by atoms with Crippen LogP contribution in [0.25, 0.3) is 0 Å². The first-order valence-corrected chi connectivity index (χ1v) is 5.09. The van der Waals surface area contributed by atoms with Crippen LogP contribution >= 0.6 is 0 Å². The number of nitrogens with one attached hydrogen (secondary N) is 1. The molecule has 0 amide bonds. The Morgan fingerprint density at radius 2 is 1.81 bits per heavy atom. The van der Waals surface area contributed by atoms with Gasteiger partial charge in [0.2, 0.25) is 0 Å². The first-order chi connectivity index (χ1) is 7.58. The Hall–Kier alpha value is -1.17. The molecule has 0 radical (unpaired) electrons. The monoisotopic (exact) mass is 233 g/mol. The van der Waals surface area contributed by atoms with E-state index in [9.17, 15) is 13.2 Å². The molecule has 3 nitrogen and oxygen atoms in total. The summed E-state index contributed by atoms with van der Waals surface area (Å²) >= 11 is 0. The zero-order chi connectivity index (χ0) is 11.9. The van der Waals surface area contributed by atoms with Crippen LogP contribution in [0.3, 0.4) is 0 Å². The lowest BCUT2D eigenvalue weighted by Crippen LogP contribution is -2.16. The molecule has 0 bridgehead atoms. The normalized spacial score (nSPS) is 11.7. The van der Waals surface area contributed by atoms with Crippen LogP contribution in [0, 0.1) is 0 Å². The smallest absolute Gasteiger partial charge is 0.313 e. The van der Waals surface area contributed by atoms with Crippen LogP contribution < -0.4 is 5.32 Å². The maximum absolute atomic E-state index is 11.8. The molecule has 0 spiro atoms. The lowest BCUT2D eigenvalue weighted by Gasteiger charge is -2.06. The molecule has 0 unspecified atom stereocenters. The average molecular weight is 233 g/mol. The predicted molar refractivity (Wildman–Crippen MR) is 53.6 cm³/mol. The van der Waals surface area contributed by atoms with Crippen LogP contribution in [0.2, 0.25) is 0 Å². The lowest BCUT2D eigenvalue weighted by atomic mass is 10.2. The largest absolute Gasteiger partial charge is 0.389 e. The van der Waals surface area contributed by atoms with Crippen molar-refractivity contribution >= 4 is 0 Å². The van der Waals surface area contributed by atoms with Crippen LogP contribution in [0.4, 0.5) is 13.2 Å². The zero-order valence-corrected chi connectivity index (χ0v) is 8.80. The summed E-state index contributed by atoms with van der Waals surface area (Å²) in [6.07, 6.45) is 0.740. The molecule has 6 heteroatoms. The molecule has 0 aromatic carbocycles. The maximum Gasteiger partial charge on any atom is 0.389 e. The molecule has 1 aromatic heterocycles. The van der Waals surface area contributed by atoms with Gasteiger partial charge >= 0.3 is 6.18 Å². The first-order valence-electron chi connectivity index (χ1n) is 5.09. The van der Waals surface area contributed by atoms with E-state index in [1.807, 2.05) is 0 Å². The Morgan fingerprint density at radius 3 is 2.44 bits per heavy atom. The minimum Gasteiger partial charge on any atom is -0.313 e. The van der Waals surface area contributed by atoms with Crippen molar-refractivity contribution in [1.29, 1.82) is 0 Å². The van der Waals surface area contributed by atoms with Crippen molar-refractivity contribution in [2.75, 3.05) is 6.54 Å². The van der Waals surface area contributed by atoms with Crippen LogP contribution in [0.15, 0.2) is 18.7 Å². The van der Waals surface area contributed by atoms with Gasteiger partial charge in [0.05, 0.1) is 0 Å². The van der Waals surface area contributed by atoms with Gasteiger partial charge in [-0.15, -0.1) is 0 Å². The highest BCUT2D eigenvalue weighted by Crippen LogP contribution is 2.21. The van der Waals surface area contributed by atoms with Gasteiger partial charge in [-0.3, -0.25) is 0 Å². The third kappa shape index (κ3) is 6.34. The third-order valence-electron chi connectivity index (χ3n) is 2.01. The molecular formula is C10H14F3N3. The Kier molecular flexibility index (Phi) is 5.18. The Balaban J connectivity index is 2.01. The quantitative estimate of drug-likeness (QED) is 0.766. The van der Waals surface area contributed by atoms with E-state index in [0.717, 1.165) is 5.56 Å². The molecule has 0 fully saturated rings. The molecule has 0 aliphatic carbocycles. The molecule has 0 saturated carbocycles. The fourth-order valence-electron chi connectivity index (χ4n) is 1.23. The van der Waals surface area contributed by atoms with Gasteiger partial charge in [-0.1, -0.05) is 0 Å². The second-order valence-corrected chi connectivity index (χ2v) is 3.50. The van der Waals surface area contributed by atoms with Crippen molar-refractivity contribution in [3.63, 3.8) is 0 Å². The van der Waals surface area contributed by atoms with E-state index in [1.54, 1.807) is 12.4 Å². The minimum absolute atomic E-state index is 0.168. The predicted octanol–water partition coefficient (Wildman–Crippen LogP) is 2.30. The van der Waals surface area contributed by atoms with E-state index in [0.29, 0.717) is 19.5 Å². The Morgan fingerprint density at radius 1 is 1.12 bits per heavy atom. The number of hydrogen-bond acceptors (Lipinski definition) is 3. The van der Waals surface area contributed by atoms with Crippen molar-refractivity contribution in [2.45, 2.75) is 32.0 Å². The highest BCUT2D eigenvalue weighted by Gasteiger charge is 2.25. The molecule has 90 valence electrons. The molecule has 16 heavy (non-hydrogen) atoms. The summed E-state index contributed by atoms with van der Waals surface area (Å²) in [5, 5.41) is 3.04. The summed E-state index contributed by atoms with van der Waals surface area (Å²) in [7, 11) is 0. The summed E-state index contributed by atoms with van der Waals surface area (Å²) in [6.45, 7) is 1.16. The van der Waals surface area contributed by atoms with Crippen LogP contribution in [0.5, 0.6) is 0 Å². The van der Waals surface area contributed by atoms with Crippen molar-refractivity contribution < 1.29 is 13.2 Å². The minimum atomic E-state index is -4.03. The molecule has 0 atom stereocenters. The first kappa shape index (κ1) is 12.9. The highest BCUT2D eigenvalue weighted by molar-refractivity contribution is 5.01. The van der Waals surface area contributed by atoms with E-state index in [-0.39, 0.29) is 6.42 Å². The van der Waals surface area contributed by atoms with Crippen LogP contribution in [-0.4, -0.2) is 22.7 Å². The number of rotatable bonds is 6. The molecule has 0 aliphatic rings. The summed E-state index contributed by atoms with van der Waals surface area (Å²) in [5.41, 5.74) is 0.929. The maximum atomic E-state index is 11.8. The molecular weight excluding hydrogens is 219 g/mol. The molecule has 1 rings (SSSR count). The Bertz CT molecular complexity index is 287. The SMILES string of the molecule is FC(F)(F)CCCCNCc1cncnc1. The average Bonchev–Trinajstić information content (AvgIpc) is 2.23. The lowest BCUT2D eigenvalue weighted by molar-refractivity contribution is -0.135. The van der Waals surface area contributed by atoms with Gasteiger partial charge in [-0.2, -0.15) is 13.2 Å². The summed E-state index contributed by atoms with van der Waals surface area (Å²) in [6, 6.07) is 0. The molecule has 1 aromatic rings. The van der Waals surface area contributed by atoms with Gasteiger partial charge in [0.25, 0.3) is 0 Å². The molecule has 1 N–H and O–H groups in total. The number of aromatic nitrogens is 2. The topological polar surface area (TPSA) is 37.8 Å². The van der Waals surface area contributed by atoms with E-state index >= 15 is 0 Å². The Labute approximate surface area is 92.1 Å². The summed E-state index contributed by atoms with van der Waals surface area (Å²) in [5.74, 6) is 0. The van der Waals surface area contributed by atoms with Gasteiger partial charge in [0.1, 0.15) is 6.33 Å². The number of nitrogens with zero attached hydrogens (tertiary/aromatic N) is 2. The standard InChI is InChI=1S/C10H14F3N3/c11-10(12,13)3-1-2-4-14-5-9-6-15-8-16-7-9/h6-8,14H,1-5H2. The van der Waals surface area contributed by atoms with Gasteiger partial charge in [-0.05, 0) is 19.4 Å². The number of halogens is 3. The van der Waals surface area contributed by atoms with E-state index < -0.39 is 12.6 Å². The fourth-order valence-corrected chi connectivity index (χ4v) is 1.23.